The Morgan fingerprint density at radius 1 is 1.42 bits per heavy atom. The van der Waals surface area contributed by atoms with Gasteiger partial charge in [0.15, 0.2) is 0 Å². The van der Waals surface area contributed by atoms with Crippen LogP contribution in [0.1, 0.15) is 38.7 Å². The van der Waals surface area contributed by atoms with E-state index in [1.807, 2.05) is 0 Å². The molecule has 1 fully saturated rings. The van der Waals surface area contributed by atoms with Gasteiger partial charge < -0.3 is 10.6 Å². The van der Waals surface area contributed by atoms with Crippen LogP contribution in [0.5, 0.6) is 0 Å². The highest BCUT2D eigenvalue weighted by Crippen LogP contribution is 2.34. The molecule has 0 aromatic heterocycles. The van der Waals surface area contributed by atoms with Gasteiger partial charge in [-0.05, 0) is 56.2 Å². The lowest BCUT2D eigenvalue weighted by Gasteiger charge is -2.27. The smallest absolute Gasteiger partial charge is 0.0410 e. The third-order valence-corrected chi connectivity index (χ3v) is 4.09. The molecule has 19 heavy (non-hydrogen) atoms. The summed E-state index contributed by atoms with van der Waals surface area (Å²) in [4.78, 5) is 2.56. The number of rotatable bonds is 7. The lowest BCUT2D eigenvalue weighted by Crippen LogP contribution is -2.28. The van der Waals surface area contributed by atoms with Gasteiger partial charge in [-0.3, -0.25) is 0 Å². The molecule has 2 rings (SSSR count). The van der Waals surface area contributed by atoms with Crippen molar-refractivity contribution in [3.63, 3.8) is 0 Å². The molecule has 0 heterocycles. The molecule has 106 valence electrons. The molecule has 3 heteroatoms. The van der Waals surface area contributed by atoms with Gasteiger partial charge in [-0.15, -0.1) is 0 Å². The summed E-state index contributed by atoms with van der Waals surface area (Å²) in [7, 11) is 0. The van der Waals surface area contributed by atoms with Crippen LogP contribution in [0.4, 0.5) is 5.69 Å². The molecule has 1 atom stereocenters. The zero-order chi connectivity index (χ0) is 13.8. The van der Waals surface area contributed by atoms with Crippen molar-refractivity contribution in [1.29, 1.82) is 0 Å². The molecule has 1 saturated carbocycles. The van der Waals surface area contributed by atoms with E-state index in [9.17, 15) is 0 Å². The summed E-state index contributed by atoms with van der Waals surface area (Å²) in [5, 5.41) is 0. The number of halogens is 1. The summed E-state index contributed by atoms with van der Waals surface area (Å²) in [6, 6.07) is 6.82. The first-order chi connectivity index (χ1) is 9.10. The van der Waals surface area contributed by atoms with Gasteiger partial charge in [0.05, 0.1) is 0 Å². The molecule has 0 amide bonds. The standard InChI is InChI=1S/C16H25BrN2/c1-3-8-19(11-13-4-5-13)16-10-15(17)7-6-14(16)9-12(2)18/h6-7,10,12-13H,3-5,8-9,11,18H2,1-2H3. The van der Waals surface area contributed by atoms with Crippen LogP contribution in [0.3, 0.4) is 0 Å². The van der Waals surface area contributed by atoms with E-state index in [-0.39, 0.29) is 6.04 Å². The second-order valence-corrected chi connectivity index (χ2v) is 6.76. The lowest BCUT2D eigenvalue weighted by molar-refractivity contribution is 0.692. The summed E-state index contributed by atoms with van der Waals surface area (Å²) < 4.78 is 1.16. The molecule has 1 unspecified atom stereocenters. The number of hydrogen-bond acceptors (Lipinski definition) is 2. The van der Waals surface area contributed by atoms with Gasteiger partial charge in [0.25, 0.3) is 0 Å². The Hall–Kier alpha value is -0.540. The zero-order valence-corrected chi connectivity index (χ0v) is 13.6. The average molecular weight is 325 g/mol. The molecule has 1 aromatic carbocycles. The van der Waals surface area contributed by atoms with Crippen molar-refractivity contribution in [2.24, 2.45) is 11.7 Å². The third kappa shape index (κ3) is 4.50. The van der Waals surface area contributed by atoms with Crippen LogP contribution in [0.25, 0.3) is 0 Å². The minimum absolute atomic E-state index is 0.212. The minimum atomic E-state index is 0.212. The van der Waals surface area contributed by atoms with E-state index < -0.39 is 0 Å². The molecule has 0 spiro atoms. The Morgan fingerprint density at radius 2 is 2.16 bits per heavy atom. The molecular formula is C16H25BrN2. The molecule has 0 aliphatic heterocycles. The Morgan fingerprint density at radius 3 is 2.74 bits per heavy atom. The van der Waals surface area contributed by atoms with Crippen molar-refractivity contribution < 1.29 is 0 Å². The van der Waals surface area contributed by atoms with Crippen LogP contribution in [0.15, 0.2) is 22.7 Å². The molecule has 2 nitrogen and oxygen atoms in total. The van der Waals surface area contributed by atoms with Crippen LogP contribution < -0.4 is 10.6 Å². The van der Waals surface area contributed by atoms with Gasteiger partial charge in [-0.2, -0.15) is 0 Å². The predicted molar refractivity (Wildman–Crippen MR) is 86.7 cm³/mol. The van der Waals surface area contributed by atoms with E-state index in [2.05, 4.69) is 52.9 Å². The van der Waals surface area contributed by atoms with Crippen molar-refractivity contribution in [2.45, 2.75) is 45.6 Å². The van der Waals surface area contributed by atoms with Gasteiger partial charge in [0.1, 0.15) is 0 Å². The fraction of sp³-hybridized carbons (Fsp3) is 0.625. The Balaban J connectivity index is 2.23. The van der Waals surface area contributed by atoms with Crippen molar-refractivity contribution in [1.82, 2.24) is 0 Å². The topological polar surface area (TPSA) is 29.3 Å². The molecule has 1 aromatic rings. The predicted octanol–water partition coefficient (Wildman–Crippen LogP) is 3.97. The van der Waals surface area contributed by atoms with Crippen LogP contribution in [-0.2, 0) is 6.42 Å². The normalized spacial score (nSPS) is 16.4. The maximum absolute atomic E-state index is 5.99. The monoisotopic (exact) mass is 324 g/mol. The molecule has 0 radical (unpaired) electrons. The second kappa shape index (κ2) is 6.76. The van der Waals surface area contributed by atoms with E-state index in [1.165, 1.54) is 37.1 Å². The summed E-state index contributed by atoms with van der Waals surface area (Å²) >= 11 is 3.61. The lowest BCUT2D eigenvalue weighted by atomic mass is 10.0. The van der Waals surface area contributed by atoms with Gasteiger partial charge in [0.2, 0.25) is 0 Å². The minimum Gasteiger partial charge on any atom is -0.371 e. The van der Waals surface area contributed by atoms with Gasteiger partial charge in [-0.25, -0.2) is 0 Å². The van der Waals surface area contributed by atoms with Crippen LogP contribution in [-0.4, -0.2) is 19.1 Å². The van der Waals surface area contributed by atoms with E-state index in [0.29, 0.717) is 0 Å². The Kier molecular flexibility index (Phi) is 5.28. The van der Waals surface area contributed by atoms with Crippen molar-refractivity contribution in [3.8, 4) is 0 Å². The first kappa shape index (κ1) is 14.9. The third-order valence-electron chi connectivity index (χ3n) is 3.60. The highest BCUT2D eigenvalue weighted by molar-refractivity contribution is 9.10. The largest absolute Gasteiger partial charge is 0.371 e. The molecule has 0 saturated heterocycles. The Labute approximate surface area is 125 Å². The van der Waals surface area contributed by atoms with Crippen molar-refractivity contribution in [2.75, 3.05) is 18.0 Å². The SMILES string of the molecule is CCCN(CC1CC1)c1cc(Br)ccc1CC(C)N. The first-order valence-electron chi connectivity index (χ1n) is 7.39. The first-order valence-corrected chi connectivity index (χ1v) is 8.18. The van der Waals surface area contributed by atoms with Crippen LogP contribution in [0, 0.1) is 5.92 Å². The molecule has 0 bridgehead atoms. The molecule has 1 aliphatic rings. The van der Waals surface area contributed by atoms with Crippen LogP contribution in [0.2, 0.25) is 0 Å². The van der Waals surface area contributed by atoms with Crippen LogP contribution >= 0.6 is 15.9 Å². The fourth-order valence-electron chi connectivity index (χ4n) is 2.54. The maximum Gasteiger partial charge on any atom is 0.0410 e. The fourth-order valence-corrected chi connectivity index (χ4v) is 2.89. The molecule has 1 aliphatic carbocycles. The highest BCUT2D eigenvalue weighted by atomic mass is 79.9. The van der Waals surface area contributed by atoms with E-state index in [1.54, 1.807) is 0 Å². The summed E-state index contributed by atoms with van der Waals surface area (Å²) in [6.45, 7) is 6.68. The summed E-state index contributed by atoms with van der Waals surface area (Å²) in [5.41, 5.74) is 8.75. The zero-order valence-electron chi connectivity index (χ0n) is 12.0. The second-order valence-electron chi connectivity index (χ2n) is 5.84. The van der Waals surface area contributed by atoms with Gasteiger partial charge in [-0.1, -0.05) is 28.9 Å². The average Bonchev–Trinajstić information content (AvgIpc) is 3.14. The number of nitrogens with zero attached hydrogens (tertiary/aromatic N) is 1. The van der Waals surface area contributed by atoms with Crippen molar-refractivity contribution >= 4 is 21.6 Å². The van der Waals surface area contributed by atoms with E-state index in [0.717, 1.165) is 23.4 Å². The van der Waals surface area contributed by atoms with E-state index in [4.69, 9.17) is 5.73 Å². The van der Waals surface area contributed by atoms with E-state index >= 15 is 0 Å². The number of benzene rings is 1. The molecular weight excluding hydrogens is 300 g/mol. The van der Waals surface area contributed by atoms with Crippen molar-refractivity contribution in [3.05, 3.63) is 28.2 Å². The maximum atomic E-state index is 5.99. The Bertz CT molecular complexity index is 413. The quantitative estimate of drug-likeness (QED) is 0.822. The number of hydrogen-bond donors (Lipinski definition) is 1. The summed E-state index contributed by atoms with van der Waals surface area (Å²) in [6.07, 6.45) is 4.94. The van der Waals surface area contributed by atoms with Gasteiger partial charge in [0, 0.05) is 29.3 Å². The number of nitrogens with two attached hydrogens (primary N) is 1. The summed E-state index contributed by atoms with van der Waals surface area (Å²) in [5.74, 6) is 0.911. The van der Waals surface area contributed by atoms with Gasteiger partial charge >= 0.3 is 0 Å². The highest BCUT2D eigenvalue weighted by Gasteiger charge is 2.25. The number of anilines is 1. The molecule has 2 N–H and O–H groups in total.